The molecule has 3 aromatic rings. The van der Waals surface area contributed by atoms with Gasteiger partial charge in [0.1, 0.15) is 5.82 Å². The van der Waals surface area contributed by atoms with Gasteiger partial charge in [-0.25, -0.2) is 13.9 Å². The number of anilines is 1. The topological polar surface area (TPSA) is 75.9 Å². The Hall–Kier alpha value is -3.87. The lowest BCUT2D eigenvalue weighted by atomic mass is 10.2. The first kappa shape index (κ1) is 20.4. The number of fused-ring (bicyclic) bond motifs is 1. The highest BCUT2D eigenvalue weighted by atomic mass is 19.3. The molecule has 0 unspecified atom stereocenters. The number of nitrogens with one attached hydrogen (secondary N) is 1. The first-order valence-electron chi connectivity index (χ1n) is 9.43. The van der Waals surface area contributed by atoms with Crippen LogP contribution in [0.1, 0.15) is 42.0 Å². The van der Waals surface area contributed by atoms with Crippen LogP contribution in [0.4, 0.5) is 23.7 Å². The highest BCUT2D eigenvalue weighted by Gasteiger charge is 2.27. The van der Waals surface area contributed by atoms with Crippen molar-refractivity contribution in [2.45, 2.75) is 25.9 Å². The molecule has 10 heteroatoms. The van der Waals surface area contributed by atoms with E-state index in [9.17, 15) is 18.0 Å². The van der Waals surface area contributed by atoms with Gasteiger partial charge in [-0.3, -0.25) is 14.9 Å². The SMILES string of the molecule is C[C@H](NC(=O)N1CCc2ncc(C#Cc3cnn(C(F)F)c3)cc21)c1ccc(F)cn1. The Bertz CT molecular complexity index is 1170. The summed E-state index contributed by atoms with van der Waals surface area (Å²) in [6.45, 7) is -0.512. The molecular formula is C21H17F3N6O. The number of rotatable bonds is 3. The Morgan fingerprint density at radius 2 is 1.97 bits per heavy atom. The van der Waals surface area contributed by atoms with E-state index in [4.69, 9.17) is 0 Å². The maximum Gasteiger partial charge on any atom is 0.333 e. The van der Waals surface area contributed by atoms with Gasteiger partial charge in [-0.1, -0.05) is 11.8 Å². The zero-order valence-electron chi connectivity index (χ0n) is 16.4. The summed E-state index contributed by atoms with van der Waals surface area (Å²) >= 11 is 0. The second kappa shape index (κ2) is 8.47. The molecule has 0 saturated carbocycles. The van der Waals surface area contributed by atoms with Crippen LogP contribution >= 0.6 is 0 Å². The third-order valence-corrected chi connectivity index (χ3v) is 4.74. The number of nitrogens with zero attached hydrogens (tertiary/aromatic N) is 5. The molecule has 0 bridgehead atoms. The minimum absolute atomic E-state index is 0.331. The minimum atomic E-state index is -2.73. The molecule has 4 rings (SSSR count). The quantitative estimate of drug-likeness (QED) is 0.651. The van der Waals surface area contributed by atoms with E-state index in [0.717, 1.165) is 18.1 Å². The molecule has 1 aliphatic rings. The zero-order chi connectivity index (χ0) is 22.0. The summed E-state index contributed by atoms with van der Waals surface area (Å²) in [7, 11) is 0. The largest absolute Gasteiger partial charge is 0.333 e. The van der Waals surface area contributed by atoms with Crippen LogP contribution in [0.15, 0.2) is 43.0 Å². The molecule has 0 saturated heterocycles. The molecule has 0 aliphatic carbocycles. The van der Waals surface area contributed by atoms with Crippen LogP contribution in [0.5, 0.6) is 0 Å². The van der Waals surface area contributed by atoms with Crippen molar-refractivity contribution in [2.24, 2.45) is 0 Å². The van der Waals surface area contributed by atoms with E-state index in [1.54, 1.807) is 24.1 Å². The van der Waals surface area contributed by atoms with Gasteiger partial charge in [0.2, 0.25) is 0 Å². The van der Waals surface area contributed by atoms with Gasteiger partial charge in [-0.15, -0.1) is 0 Å². The maximum atomic E-state index is 13.1. The van der Waals surface area contributed by atoms with Crippen LogP contribution < -0.4 is 10.2 Å². The van der Waals surface area contributed by atoms with Gasteiger partial charge in [0.25, 0.3) is 0 Å². The van der Waals surface area contributed by atoms with Crippen molar-refractivity contribution in [3.63, 3.8) is 0 Å². The van der Waals surface area contributed by atoms with Crippen molar-refractivity contribution in [3.8, 4) is 11.8 Å². The molecule has 158 valence electrons. The first-order chi connectivity index (χ1) is 14.9. The molecule has 4 heterocycles. The summed E-state index contributed by atoms with van der Waals surface area (Å²) in [6.07, 6.45) is 5.69. The third-order valence-electron chi connectivity index (χ3n) is 4.74. The van der Waals surface area contributed by atoms with Crippen molar-refractivity contribution in [1.82, 2.24) is 25.1 Å². The molecule has 1 aliphatic heterocycles. The molecule has 1 atom stereocenters. The zero-order valence-corrected chi connectivity index (χ0v) is 16.4. The summed E-state index contributed by atoms with van der Waals surface area (Å²) < 4.78 is 38.8. The number of halogens is 3. The summed E-state index contributed by atoms with van der Waals surface area (Å²) in [4.78, 5) is 22.7. The second-order valence-electron chi connectivity index (χ2n) is 6.90. The Kier molecular flexibility index (Phi) is 5.58. The number of aromatic nitrogens is 4. The van der Waals surface area contributed by atoms with Gasteiger partial charge in [-0.05, 0) is 25.1 Å². The van der Waals surface area contributed by atoms with Crippen molar-refractivity contribution in [2.75, 3.05) is 11.4 Å². The van der Waals surface area contributed by atoms with Gasteiger partial charge in [0.15, 0.2) is 0 Å². The van der Waals surface area contributed by atoms with Gasteiger partial charge in [0, 0.05) is 30.9 Å². The van der Waals surface area contributed by atoms with E-state index in [1.165, 1.54) is 18.3 Å². The molecule has 2 amide bonds. The number of pyridine rings is 2. The number of hydrogen-bond donors (Lipinski definition) is 1. The Morgan fingerprint density at radius 1 is 1.16 bits per heavy atom. The van der Waals surface area contributed by atoms with Gasteiger partial charge in [-0.2, -0.15) is 13.9 Å². The molecule has 7 nitrogen and oxygen atoms in total. The van der Waals surface area contributed by atoms with E-state index < -0.39 is 18.4 Å². The highest BCUT2D eigenvalue weighted by Crippen LogP contribution is 2.27. The molecule has 1 N–H and O–H groups in total. The van der Waals surface area contributed by atoms with E-state index in [0.29, 0.717) is 40.2 Å². The van der Waals surface area contributed by atoms with Gasteiger partial charge in [0.05, 0.1) is 41.1 Å². The number of urea groups is 1. The molecule has 3 aromatic heterocycles. The number of amides is 2. The lowest BCUT2D eigenvalue weighted by molar-refractivity contribution is 0.0566. The molecule has 0 fully saturated rings. The fraction of sp³-hybridized carbons (Fsp3) is 0.238. The molecule has 0 radical (unpaired) electrons. The summed E-state index contributed by atoms with van der Waals surface area (Å²) in [5, 5.41) is 6.39. The Labute approximate surface area is 175 Å². The van der Waals surface area contributed by atoms with Crippen LogP contribution in [0.3, 0.4) is 0 Å². The van der Waals surface area contributed by atoms with E-state index in [2.05, 4.69) is 32.2 Å². The average Bonchev–Trinajstić information content (AvgIpc) is 3.39. The monoisotopic (exact) mass is 426 g/mol. The number of hydrogen-bond acceptors (Lipinski definition) is 4. The lowest BCUT2D eigenvalue weighted by Gasteiger charge is -2.21. The van der Waals surface area contributed by atoms with E-state index in [-0.39, 0.29) is 6.03 Å². The summed E-state index contributed by atoms with van der Waals surface area (Å²) in [6, 6.07) is 3.79. The predicted molar refractivity (Wildman–Crippen MR) is 106 cm³/mol. The van der Waals surface area contributed by atoms with Crippen LogP contribution in [-0.4, -0.2) is 32.3 Å². The Balaban J connectivity index is 1.49. The van der Waals surface area contributed by atoms with E-state index >= 15 is 0 Å². The molecule has 0 spiro atoms. The lowest BCUT2D eigenvalue weighted by Crippen LogP contribution is -2.40. The number of carbonyl (C=O) groups excluding carboxylic acids is 1. The number of alkyl halides is 2. The Morgan fingerprint density at radius 3 is 2.68 bits per heavy atom. The normalized spacial score (nSPS) is 13.5. The molecule has 0 aromatic carbocycles. The standard InChI is InChI=1S/C21H17F3N6O/c1-13(17-5-4-16(22)11-26-17)28-21(31)29-7-6-18-19(29)8-14(9-25-18)2-3-15-10-27-30(12-15)20(23)24/h4-5,8-13,20H,6-7H2,1H3,(H,28,31)/t13-/m0/s1. The van der Waals surface area contributed by atoms with Crippen molar-refractivity contribution < 1.29 is 18.0 Å². The number of carbonyl (C=O) groups is 1. The van der Waals surface area contributed by atoms with Crippen LogP contribution in [0.25, 0.3) is 0 Å². The van der Waals surface area contributed by atoms with E-state index in [1.807, 2.05) is 0 Å². The predicted octanol–water partition coefficient (Wildman–Crippen LogP) is 3.44. The fourth-order valence-electron chi connectivity index (χ4n) is 3.16. The third kappa shape index (κ3) is 4.50. The van der Waals surface area contributed by atoms with Crippen molar-refractivity contribution >= 4 is 11.7 Å². The summed E-state index contributed by atoms with van der Waals surface area (Å²) in [5.74, 6) is 5.18. The average molecular weight is 426 g/mol. The molecule has 31 heavy (non-hydrogen) atoms. The second-order valence-corrected chi connectivity index (χ2v) is 6.90. The van der Waals surface area contributed by atoms with Gasteiger partial charge >= 0.3 is 12.6 Å². The smallest absolute Gasteiger partial charge is 0.330 e. The van der Waals surface area contributed by atoms with Crippen LogP contribution in [0.2, 0.25) is 0 Å². The summed E-state index contributed by atoms with van der Waals surface area (Å²) in [5.41, 5.74) is 2.81. The van der Waals surface area contributed by atoms with Gasteiger partial charge < -0.3 is 5.32 Å². The first-order valence-corrected chi connectivity index (χ1v) is 9.43. The van der Waals surface area contributed by atoms with Crippen molar-refractivity contribution in [1.29, 1.82) is 0 Å². The molecular weight excluding hydrogens is 409 g/mol. The van der Waals surface area contributed by atoms with Crippen molar-refractivity contribution in [3.05, 3.63) is 71.3 Å². The van der Waals surface area contributed by atoms with Crippen LogP contribution in [0, 0.1) is 17.7 Å². The maximum absolute atomic E-state index is 13.1. The minimum Gasteiger partial charge on any atom is -0.330 e. The van der Waals surface area contributed by atoms with Crippen LogP contribution in [-0.2, 0) is 6.42 Å². The fourth-order valence-corrected chi connectivity index (χ4v) is 3.16. The highest BCUT2D eigenvalue weighted by molar-refractivity contribution is 5.94.